The summed E-state index contributed by atoms with van der Waals surface area (Å²) in [5, 5.41) is 0.982. The number of nitrogens with two attached hydrogens (primary N) is 1. The minimum Gasteiger partial charge on any atom is -0.495 e. The number of fused-ring (bicyclic) bond motifs is 1. The normalized spacial score (nSPS) is 10.7. The molecular formula is C10H10ClNOS. The third-order valence-corrected chi connectivity index (χ3v) is 3.66. The summed E-state index contributed by atoms with van der Waals surface area (Å²) in [6.45, 7) is 0. The maximum Gasteiger partial charge on any atom is 0.143 e. The molecule has 0 amide bonds. The number of anilines is 1. The van der Waals surface area contributed by atoms with Crippen molar-refractivity contribution in [3.63, 3.8) is 0 Å². The highest BCUT2D eigenvalue weighted by atomic mass is 35.5. The van der Waals surface area contributed by atoms with E-state index in [0.717, 1.165) is 26.4 Å². The number of nitrogen functional groups attached to an aromatic ring is 1. The van der Waals surface area contributed by atoms with E-state index >= 15 is 0 Å². The van der Waals surface area contributed by atoms with Crippen LogP contribution in [0.4, 0.5) is 5.69 Å². The van der Waals surface area contributed by atoms with E-state index in [1.807, 2.05) is 18.2 Å². The van der Waals surface area contributed by atoms with Crippen LogP contribution in [0.25, 0.3) is 10.1 Å². The lowest BCUT2D eigenvalue weighted by Gasteiger charge is -2.01. The fourth-order valence-corrected chi connectivity index (χ4v) is 2.84. The van der Waals surface area contributed by atoms with Gasteiger partial charge in [-0.3, -0.25) is 0 Å². The van der Waals surface area contributed by atoms with Crippen molar-refractivity contribution in [2.75, 3.05) is 12.8 Å². The molecule has 0 saturated heterocycles. The molecule has 14 heavy (non-hydrogen) atoms. The van der Waals surface area contributed by atoms with Gasteiger partial charge in [0.15, 0.2) is 0 Å². The molecule has 2 rings (SSSR count). The average molecular weight is 228 g/mol. The summed E-state index contributed by atoms with van der Waals surface area (Å²) in [4.78, 5) is 1.03. The molecular weight excluding hydrogens is 218 g/mol. The Labute approximate surface area is 91.2 Å². The molecule has 0 aliphatic carbocycles. The molecule has 1 aromatic heterocycles. The fraction of sp³-hybridized carbons (Fsp3) is 0.200. The van der Waals surface area contributed by atoms with Gasteiger partial charge in [-0.15, -0.1) is 22.9 Å². The Morgan fingerprint density at radius 2 is 2.29 bits per heavy atom. The first-order chi connectivity index (χ1) is 6.77. The maximum absolute atomic E-state index is 5.88. The van der Waals surface area contributed by atoms with Crippen LogP contribution in [-0.2, 0) is 5.88 Å². The molecule has 74 valence electrons. The Morgan fingerprint density at radius 1 is 1.50 bits per heavy atom. The molecule has 0 fully saturated rings. The standard InChI is InChI=1S/C10H10ClNOS/c1-13-10-8(5-11)14-7-4-2-3-6(12)9(7)10/h2-4H,5,12H2,1H3. The molecule has 2 N–H and O–H groups in total. The first-order valence-electron chi connectivity index (χ1n) is 4.17. The number of thiophene rings is 1. The highest BCUT2D eigenvalue weighted by molar-refractivity contribution is 7.19. The molecule has 0 atom stereocenters. The van der Waals surface area contributed by atoms with E-state index in [1.54, 1.807) is 18.4 Å². The lowest BCUT2D eigenvalue weighted by atomic mass is 10.2. The first kappa shape index (κ1) is 9.62. The summed E-state index contributed by atoms with van der Waals surface area (Å²) in [6.07, 6.45) is 0. The van der Waals surface area contributed by atoms with E-state index in [4.69, 9.17) is 22.1 Å². The van der Waals surface area contributed by atoms with E-state index in [0.29, 0.717) is 5.88 Å². The lowest BCUT2D eigenvalue weighted by molar-refractivity contribution is 0.418. The highest BCUT2D eigenvalue weighted by Crippen LogP contribution is 2.41. The summed E-state index contributed by atoms with van der Waals surface area (Å²) in [5.74, 6) is 1.28. The third-order valence-electron chi connectivity index (χ3n) is 2.10. The molecule has 0 unspecified atom stereocenters. The summed E-state index contributed by atoms with van der Waals surface area (Å²) in [6, 6.07) is 5.83. The molecule has 2 aromatic rings. The molecule has 0 bridgehead atoms. The maximum atomic E-state index is 5.88. The van der Waals surface area contributed by atoms with E-state index in [9.17, 15) is 0 Å². The van der Waals surface area contributed by atoms with Crippen LogP contribution in [0, 0.1) is 0 Å². The van der Waals surface area contributed by atoms with Gasteiger partial charge >= 0.3 is 0 Å². The van der Waals surface area contributed by atoms with Crippen LogP contribution in [0.1, 0.15) is 4.88 Å². The topological polar surface area (TPSA) is 35.2 Å². The monoisotopic (exact) mass is 227 g/mol. The van der Waals surface area contributed by atoms with Crippen molar-refractivity contribution in [3.05, 3.63) is 23.1 Å². The Bertz CT molecular complexity index is 466. The van der Waals surface area contributed by atoms with Crippen molar-refractivity contribution in [2.24, 2.45) is 0 Å². The lowest BCUT2D eigenvalue weighted by Crippen LogP contribution is -1.88. The summed E-state index contributed by atoms with van der Waals surface area (Å²) >= 11 is 7.45. The van der Waals surface area contributed by atoms with Crippen LogP contribution in [0.15, 0.2) is 18.2 Å². The Balaban J connectivity index is 2.81. The number of hydrogen-bond donors (Lipinski definition) is 1. The number of methoxy groups -OCH3 is 1. The highest BCUT2D eigenvalue weighted by Gasteiger charge is 2.13. The first-order valence-corrected chi connectivity index (χ1v) is 5.53. The fourth-order valence-electron chi connectivity index (χ4n) is 1.50. The van der Waals surface area contributed by atoms with Gasteiger partial charge in [0.1, 0.15) is 5.75 Å². The van der Waals surface area contributed by atoms with Crippen molar-refractivity contribution in [1.82, 2.24) is 0 Å². The quantitative estimate of drug-likeness (QED) is 0.632. The van der Waals surface area contributed by atoms with Crippen LogP contribution in [0.2, 0.25) is 0 Å². The van der Waals surface area contributed by atoms with Crippen molar-refractivity contribution >= 4 is 38.7 Å². The zero-order chi connectivity index (χ0) is 10.1. The number of alkyl halides is 1. The molecule has 1 heterocycles. The Hall–Kier alpha value is -0.930. The number of rotatable bonds is 2. The number of halogens is 1. The second kappa shape index (κ2) is 3.67. The summed E-state index contributed by atoms with van der Waals surface area (Å²) in [5.41, 5.74) is 6.63. The van der Waals surface area contributed by atoms with Gasteiger partial charge in [-0.1, -0.05) is 6.07 Å². The van der Waals surface area contributed by atoms with Gasteiger partial charge in [-0.25, -0.2) is 0 Å². The largest absolute Gasteiger partial charge is 0.495 e. The zero-order valence-electron chi connectivity index (χ0n) is 7.71. The second-order valence-corrected chi connectivity index (χ2v) is 4.32. The van der Waals surface area contributed by atoms with Crippen molar-refractivity contribution in [3.8, 4) is 5.75 Å². The minimum absolute atomic E-state index is 0.460. The van der Waals surface area contributed by atoms with Crippen LogP contribution in [-0.4, -0.2) is 7.11 Å². The molecule has 2 nitrogen and oxygen atoms in total. The van der Waals surface area contributed by atoms with Crippen LogP contribution in [0.5, 0.6) is 5.75 Å². The third kappa shape index (κ3) is 1.33. The van der Waals surface area contributed by atoms with Gasteiger partial charge in [0.25, 0.3) is 0 Å². The Kier molecular flexibility index (Phi) is 2.52. The average Bonchev–Trinajstić information content (AvgIpc) is 2.56. The smallest absolute Gasteiger partial charge is 0.143 e. The van der Waals surface area contributed by atoms with E-state index in [1.165, 1.54) is 0 Å². The van der Waals surface area contributed by atoms with Gasteiger partial charge in [-0.2, -0.15) is 0 Å². The van der Waals surface area contributed by atoms with Crippen LogP contribution < -0.4 is 10.5 Å². The van der Waals surface area contributed by atoms with Crippen molar-refractivity contribution in [1.29, 1.82) is 0 Å². The van der Waals surface area contributed by atoms with E-state index in [2.05, 4.69) is 0 Å². The van der Waals surface area contributed by atoms with Gasteiger partial charge in [0, 0.05) is 10.4 Å². The summed E-state index contributed by atoms with van der Waals surface area (Å²) in [7, 11) is 1.64. The van der Waals surface area contributed by atoms with Gasteiger partial charge in [0.05, 0.1) is 23.3 Å². The van der Waals surface area contributed by atoms with Crippen LogP contribution in [0.3, 0.4) is 0 Å². The number of ether oxygens (including phenoxy) is 1. The van der Waals surface area contributed by atoms with E-state index < -0.39 is 0 Å². The number of benzene rings is 1. The predicted octanol–water partition coefficient (Wildman–Crippen LogP) is 3.23. The molecule has 1 aromatic carbocycles. The summed E-state index contributed by atoms with van der Waals surface area (Å²) < 4.78 is 6.44. The molecule has 4 heteroatoms. The van der Waals surface area contributed by atoms with E-state index in [-0.39, 0.29) is 0 Å². The van der Waals surface area contributed by atoms with Gasteiger partial charge < -0.3 is 10.5 Å². The number of hydrogen-bond acceptors (Lipinski definition) is 3. The predicted molar refractivity (Wildman–Crippen MR) is 62.3 cm³/mol. The Morgan fingerprint density at radius 3 is 2.93 bits per heavy atom. The van der Waals surface area contributed by atoms with Crippen LogP contribution >= 0.6 is 22.9 Å². The molecule has 0 radical (unpaired) electrons. The molecule has 0 saturated carbocycles. The molecule has 0 aliphatic rings. The zero-order valence-corrected chi connectivity index (χ0v) is 9.28. The van der Waals surface area contributed by atoms with Crippen molar-refractivity contribution in [2.45, 2.75) is 5.88 Å². The van der Waals surface area contributed by atoms with Gasteiger partial charge in [-0.05, 0) is 12.1 Å². The SMILES string of the molecule is COc1c(CCl)sc2cccc(N)c12. The van der Waals surface area contributed by atoms with Gasteiger partial charge in [0.2, 0.25) is 0 Å². The molecule has 0 aliphatic heterocycles. The van der Waals surface area contributed by atoms with Crippen molar-refractivity contribution < 1.29 is 4.74 Å². The second-order valence-electron chi connectivity index (χ2n) is 2.91. The minimum atomic E-state index is 0.460. The molecule has 0 spiro atoms.